The number of hydrogen-bond acceptors (Lipinski definition) is 5. The summed E-state index contributed by atoms with van der Waals surface area (Å²) in [5, 5.41) is 11.7. The zero-order chi connectivity index (χ0) is 16.3. The molecule has 2 aromatic rings. The Hall–Kier alpha value is -2.59. The lowest BCUT2D eigenvalue weighted by Crippen LogP contribution is -2.33. The molecule has 1 aliphatic heterocycles. The van der Waals surface area contributed by atoms with Crippen molar-refractivity contribution in [2.24, 2.45) is 0 Å². The smallest absolute Gasteiger partial charge is 0.236 e. The van der Waals surface area contributed by atoms with Crippen LogP contribution in [0.1, 0.15) is 11.1 Å². The molecule has 0 atom stereocenters. The van der Waals surface area contributed by atoms with E-state index in [-0.39, 0.29) is 12.3 Å². The highest BCUT2D eigenvalue weighted by Crippen LogP contribution is 2.29. The fourth-order valence-electron chi connectivity index (χ4n) is 2.58. The average Bonchev–Trinajstić information content (AvgIpc) is 3.00. The molecule has 0 saturated carbocycles. The molecular weight excluding hydrogens is 312 g/mol. The van der Waals surface area contributed by atoms with Crippen molar-refractivity contribution in [2.75, 3.05) is 28.5 Å². The Balaban J connectivity index is 1.62. The van der Waals surface area contributed by atoms with E-state index in [0.29, 0.717) is 17.9 Å². The van der Waals surface area contributed by atoms with Crippen LogP contribution in [0.25, 0.3) is 0 Å². The minimum absolute atomic E-state index is 0.0109. The van der Waals surface area contributed by atoms with Gasteiger partial charge < -0.3 is 5.32 Å². The highest BCUT2D eigenvalue weighted by Gasteiger charge is 2.28. The van der Waals surface area contributed by atoms with Gasteiger partial charge in [0.1, 0.15) is 11.9 Å². The number of fused-ring (bicyclic) bond motifs is 1. The van der Waals surface area contributed by atoms with Crippen molar-refractivity contribution >= 4 is 21.5 Å². The third-order valence-corrected chi connectivity index (χ3v) is 5.51. The van der Waals surface area contributed by atoms with E-state index in [2.05, 4.69) is 10.3 Å². The highest BCUT2D eigenvalue weighted by atomic mass is 32.2. The number of nitriles is 1. The summed E-state index contributed by atoms with van der Waals surface area (Å²) < 4.78 is 26.5. The molecule has 0 bridgehead atoms. The van der Waals surface area contributed by atoms with Crippen LogP contribution < -0.4 is 9.62 Å². The molecule has 0 saturated heterocycles. The summed E-state index contributed by atoms with van der Waals surface area (Å²) in [5.41, 5.74) is 2.32. The van der Waals surface area contributed by atoms with Crippen molar-refractivity contribution < 1.29 is 8.42 Å². The van der Waals surface area contributed by atoms with E-state index in [4.69, 9.17) is 5.26 Å². The number of nitrogens with zero attached hydrogens (tertiary/aromatic N) is 3. The molecule has 0 aliphatic carbocycles. The van der Waals surface area contributed by atoms with Gasteiger partial charge in [-0.1, -0.05) is 18.2 Å². The predicted octanol–water partition coefficient (Wildman–Crippen LogP) is 1.76. The van der Waals surface area contributed by atoms with Crippen LogP contribution in [0.4, 0.5) is 11.5 Å². The molecule has 0 unspecified atom stereocenters. The molecule has 1 aromatic carbocycles. The van der Waals surface area contributed by atoms with Crippen LogP contribution in [-0.4, -0.2) is 32.2 Å². The number of pyridine rings is 1. The highest BCUT2D eigenvalue weighted by molar-refractivity contribution is 7.92. The second-order valence-corrected chi connectivity index (χ2v) is 7.25. The summed E-state index contributed by atoms with van der Waals surface area (Å²) in [4.78, 5) is 4.06. The normalized spacial score (nSPS) is 13.4. The first-order chi connectivity index (χ1) is 11.1. The standard InChI is InChI=1S/C16H16N4O2S/c17-11-13-5-6-16(19-12-13)18-8-10-23(21,22)20-9-7-14-3-1-2-4-15(14)20/h1-6,12H,7-10H2,(H,18,19). The number of sulfonamides is 1. The van der Waals surface area contributed by atoms with E-state index in [1.54, 1.807) is 12.1 Å². The quantitative estimate of drug-likeness (QED) is 0.904. The first kappa shape index (κ1) is 15.3. The predicted molar refractivity (Wildman–Crippen MR) is 88.7 cm³/mol. The molecule has 0 spiro atoms. The molecule has 0 fully saturated rings. The van der Waals surface area contributed by atoms with Gasteiger partial charge in [0.15, 0.2) is 0 Å². The summed E-state index contributed by atoms with van der Waals surface area (Å²) >= 11 is 0. The molecule has 1 N–H and O–H groups in total. The van der Waals surface area contributed by atoms with Crippen LogP contribution in [0.3, 0.4) is 0 Å². The molecule has 118 valence electrons. The van der Waals surface area contributed by atoms with E-state index in [0.717, 1.165) is 17.7 Å². The molecule has 23 heavy (non-hydrogen) atoms. The van der Waals surface area contributed by atoms with Crippen LogP contribution in [-0.2, 0) is 16.4 Å². The summed E-state index contributed by atoms with van der Waals surface area (Å²) in [7, 11) is -3.37. The number of hydrogen-bond donors (Lipinski definition) is 1. The van der Waals surface area contributed by atoms with Gasteiger partial charge >= 0.3 is 0 Å². The zero-order valence-electron chi connectivity index (χ0n) is 12.4. The van der Waals surface area contributed by atoms with E-state index in [1.165, 1.54) is 10.5 Å². The van der Waals surface area contributed by atoms with Crippen molar-refractivity contribution in [2.45, 2.75) is 6.42 Å². The second-order valence-electron chi connectivity index (χ2n) is 5.24. The van der Waals surface area contributed by atoms with Crippen LogP contribution in [0.2, 0.25) is 0 Å². The lowest BCUT2D eigenvalue weighted by atomic mass is 10.2. The Bertz CT molecular complexity index is 841. The van der Waals surface area contributed by atoms with Crippen molar-refractivity contribution in [3.8, 4) is 6.07 Å². The van der Waals surface area contributed by atoms with E-state index in [1.807, 2.05) is 30.3 Å². The van der Waals surface area contributed by atoms with Crippen LogP contribution >= 0.6 is 0 Å². The van der Waals surface area contributed by atoms with Crippen LogP contribution in [0.15, 0.2) is 42.6 Å². The summed E-state index contributed by atoms with van der Waals surface area (Å²) in [5.74, 6) is 0.546. The van der Waals surface area contributed by atoms with Crippen molar-refractivity contribution in [3.63, 3.8) is 0 Å². The van der Waals surface area contributed by atoms with E-state index >= 15 is 0 Å². The van der Waals surface area contributed by atoms with Gasteiger partial charge in [-0.25, -0.2) is 13.4 Å². The summed E-state index contributed by atoms with van der Waals surface area (Å²) in [6.07, 6.45) is 2.20. The maximum Gasteiger partial charge on any atom is 0.236 e. The first-order valence-electron chi connectivity index (χ1n) is 7.28. The van der Waals surface area contributed by atoms with E-state index in [9.17, 15) is 8.42 Å². The van der Waals surface area contributed by atoms with Gasteiger partial charge in [-0.3, -0.25) is 4.31 Å². The van der Waals surface area contributed by atoms with Gasteiger partial charge in [0.05, 0.1) is 17.0 Å². The maximum absolute atomic E-state index is 12.5. The minimum Gasteiger partial charge on any atom is -0.369 e. The summed E-state index contributed by atoms with van der Waals surface area (Å²) in [6, 6.07) is 12.9. The average molecular weight is 328 g/mol. The molecule has 0 amide bonds. The number of nitrogens with one attached hydrogen (secondary N) is 1. The Labute approximate surface area is 135 Å². The monoisotopic (exact) mass is 328 g/mol. The Morgan fingerprint density at radius 2 is 2.09 bits per heavy atom. The molecule has 2 heterocycles. The third kappa shape index (κ3) is 3.27. The van der Waals surface area contributed by atoms with Crippen LogP contribution in [0.5, 0.6) is 0 Å². The van der Waals surface area contributed by atoms with Crippen molar-refractivity contribution in [3.05, 3.63) is 53.7 Å². The number of anilines is 2. The Kier molecular flexibility index (Phi) is 4.17. The van der Waals surface area contributed by atoms with Gasteiger partial charge in [0.2, 0.25) is 10.0 Å². The topological polar surface area (TPSA) is 86.1 Å². The van der Waals surface area contributed by atoms with Gasteiger partial charge in [-0.05, 0) is 30.2 Å². The minimum atomic E-state index is -3.37. The van der Waals surface area contributed by atoms with Crippen molar-refractivity contribution in [1.29, 1.82) is 5.26 Å². The first-order valence-corrected chi connectivity index (χ1v) is 8.89. The molecule has 6 nitrogen and oxygen atoms in total. The maximum atomic E-state index is 12.5. The SMILES string of the molecule is N#Cc1ccc(NCCS(=O)(=O)N2CCc3ccccc32)nc1. The number of aromatic nitrogens is 1. The fourth-order valence-corrected chi connectivity index (χ4v) is 4.01. The lowest BCUT2D eigenvalue weighted by Gasteiger charge is -2.19. The largest absolute Gasteiger partial charge is 0.369 e. The molecule has 0 radical (unpaired) electrons. The number of rotatable bonds is 5. The third-order valence-electron chi connectivity index (χ3n) is 3.74. The van der Waals surface area contributed by atoms with E-state index < -0.39 is 10.0 Å². The lowest BCUT2D eigenvalue weighted by molar-refractivity contribution is 0.592. The Morgan fingerprint density at radius 1 is 1.26 bits per heavy atom. The van der Waals surface area contributed by atoms with Gasteiger partial charge in [0.25, 0.3) is 0 Å². The zero-order valence-corrected chi connectivity index (χ0v) is 13.3. The molecule has 7 heteroatoms. The number of benzene rings is 1. The second kappa shape index (κ2) is 6.26. The molecule has 1 aliphatic rings. The van der Waals surface area contributed by atoms with Gasteiger partial charge in [0, 0.05) is 19.3 Å². The van der Waals surface area contributed by atoms with Gasteiger partial charge in [-0.2, -0.15) is 5.26 Å². The van der Waals surface area contributed by atoms with Gasteiger partial charge in [-0.15, -0.1) is 0 Å². The van der Waals surface area contributed by atoms with Crippen LogP contribution in [0, 0.1) is 11.3 Å². The number of para-hydroxylation sites is 1. The molecule has 3 rings (SSSR count). The molecular formula is C16H16N4O2S. The fraction of sp³-hybridized carbons (Fsp3) is 0.250. The Morgan fingerprint density at radius 3 is 2.83 bits per heavy atom. The summed E-state index contributed by atoms with van der Waals surface area (Å²) in [6.45, 7) is 0.761. The molecule has 1 aromatic heterocycles. The van der Waals surface area contributed by atoms with Crippen molar-refractivity contribution in [1.82, 2.24) is 4.98 Å².